The lowest BCUT2D eigenvalue weighted by molar-refractivity contribution is 0.343. The molecule has 1 fully saturated rings. The fraction of sp³-hybridized carbons (Fsp3) is 0.333. The molecule has 1 aliphatic heterocycles. The molecule has 1 aromatic carbocycles. The van der Waals surface area contributed by atoms with Gasteiger partial charge in [-0.3, -0.25) is 0 Å². The average molecular weight is 310 g/mol. The van der Waals surface area contributed by atoms with Gasteiger partial charge < -0.3 is 9.47 Å². The van der Waals surface area contributed by atoms with E-state index < -0.39 is 0 Å². The Bertz CT molecular complexity index is 842. The van der Waals surface area contributed by atoms with Gasteiger partial charge in [0.05, 0.1) is 6.04 Å². The lowest BCUT2D eigenvalue weighted by Crippen LogP contribution is -2.21. The Morgan fingerprint density at radius 1 is 1.26 bits per heavy atom. The Morgan fingerprint density at radius 2 is 2.17 bits per heavy atom. The van der Waals surface area contributed by atoms with Crippen LogP contribution in [-0.4, -0.2) is 39.1 Å². The minimum absolute atomic E-state index is 0.240. The van der Waals surface area contributed by atoms with E-state index in [1.165, 1.54) is 6.07 Å². The van der Waals surface area contributed by atoms with Crippen LogP contribution in [0.3, 0.4) is 0 Å². The van der Waals surface area contributed by atoms with E-state index >= 15 is 0 Å². The number of pyridine rings is 1. The van der Waals surface area contributed by atoms with Crippen molar-refractivity contribution in [2.24, 2.45) is 0 Å². The molecule has 1 aliphatic rings. The van der Waals surface area contributed by atoms with Gasteiger partial charge in [0.15, 0.2) is 5.65 Å². The highest BCUT2D eigenvalue weighted by atomic mass is 19.1. The van der Waals surface area contributed by atoms with Gasteiger partial charge in [-0.25, -0.2) is 14.4 Å². The zero-order valence-corrected chi connectivity index (χ0v) is 13.1. The molecule has 0 aliphatic carbocycles. The predicted molar refractivity (Wildman–Crippen MR) is 88.7 cm³/mol. The zero-order valence-electron chi connectivity index (χ0n) is 13.1. The highest BCUT2D eigenvalue weighted by Gasteiger charge is 2.27. The molecule has 3 aromatic rings. The molecule has 3 heterocycles. The Balaban J connectivity index is 1.88. The molecule has 0 N–H and O–H groups in total. The predicted octanol–water partition coefficient (Wildman–Crippen LogP) is 3.50. The van der Waals surface area contributed by atoms with Crippen LogP contribution in [0.5, 0.6) is 0 Å². The Hall–Kier alpha value is -2.27. The van der Waals surface area contributed by atoms with E-state index in [9.17, 15) is 4.39 Å². The van der Waals surface area contributed by atoms with E-state index in [0.717, 1.165) is 48.6 Å². The number of benzene rings is 1. The van der Waals surface area contributed by atoms with Gasteiger partial charge in [0.1, 0.15) is 17.2 Å². The summed E-state index contributed by atoms with van der Waals surface area (Å²) in [6.07, 6.45) is 2.86. The van der Waals surface area contributed by atoms with Crippen LogP contribution in [0.1, 0.15) is 19.4 Å². The van der Waals surface area contributed by atoms with Gasteiger partial charge in [0, 0.05) is 24.8 Å². The molecule has 0 bridgehead atoms. The Kier molecular flexibility index (Phi) is 3.58. The summed E-state index contributed by atoms with van der Waals surface area (Å²) in [6.45, 7) is 5.29. The van der Waals surface area contributed by atoms with Crippen molar-refractivity contribution in [3.05, 3.63) is 48.4 Å². The maximum atomic E-state index is 13.7. The topological polar surface area (TPSA) is 34.0 Å². The standard InChI is InChI=1S/C18H19FN4/c1-2-22-10-8-15(12-22)23-17(13-5-3-6-14(19)11-13)21-16-7-4-9-20-18(16)23/h3-7,9,11,15H,2,8,10,12H2,1H3. The number of hydrogen-bond acceptors (Lipinski definition) is 3. The summed E-state index contributed by atoms with van der Waals surface area (Å²) < 4.78 is 15.9. The summed E-state index contributed by atoms with van der Waals surface area (Å²) in [5.74, 6) is 0.567. The summed E-state index contributed by atoms with van der Waals surface area (Å²) in [5, 5.41) is 0. The number of aromatic nitrogens is 3. The van der Waals surface area contributed by atoms with Crippen molar-refractivity contribution in [1.29, 1.82) is 0 Å². The molecule has 4 nitrogen and oxygen atoms in total. The monoisotopic (exact) mass is 310 g/mol. The highest BCUT2D eigenvalue weighted by Crippen LogP contribution is 2.32. The second-order valence-corrected chi connectivity index (χ2v) is 6.00. The fourth-order valence-electron chi connectivity index (χ4n) is 3.42. The molecule has 0 saturated carbocycles. The molecule has 118 valence electrons. The third-order valence-corrected chi connectivity index (χ3v) is 4.59. The molecule has 5 heteroatoms. The Labute approximate surface area is 134 Å². The summed E-state index contributed by atoms with van der Waals surface area (Å²) in [4.78, 5) is 11.7. The van der Waals surface area contributed by atoms with Crippen LogP contribution >= 0.6 is 0 Å². The number of halogens is 1. The number of rotatable bonds is 3. The van der Waals surface area contributed by atoms with E-state index in [0.29, 0.717) is 6.04 Å². The largest absolute Gasteiger partial charge is 0.304 e. The molecule has 1 unspecified atom stereocenters. The van der Waals surface area contributed by atoms with E-state index in [1.807, 2.05) is 18.2 Å². The van der Waals surface area contributed by atoms with Crippen LogP contribution < -0.4 is 0 Å². The van der Waals surface area contributed by atoms with Crippen molar-refractivity contribution in [3.8, 4) is 11.4 Å². The molecular formula is C18H19FN4. The van der Waals surface area contributed by atoms with Crippen molar-refractivity contribution in [1.82, 2.24) is 19.4 Å². The van der Waals surface area contributed by atoms with Gasteiger partial charge in [-0.1, -0.05) is 19.1 Å². The SMILES string of the molecule is CCN1CCC(n2c(-c3cccc(F)c3)nc3cccnc32)C1. The number of imidazole rings is 1. The highest BCUT2D eigenvalue weighted by molar-refractivity contribution is 5.77. The second-order valence-electron chi connectivity index (χ2n) is 6.00. The van der Waals surface area contributed by atoms with Crippen molar-refractivity contribution in [3.63, 3.8) is 0 Å². The maximum absolute atomic E-state index is 13.7. The minimum Gasteiger partial charge on any atom is -0.304 e. The summed E-state index contributed by atoms with van der Waals surface area (Å²) in [5.41, 5.74) is 2.55. The van der Waals surface area contributed by atoms with Gasteiger partial charge >= 0.3 is 0 Å². The smallest absolute Gasteiger partial charge is 0.160 e. The molecule has 1 saturated heterocycles. The minimum atomic E-state index is -0.240. The lowest BCUT2D eigenvalue weighted by atomic mass is 10.2. The van der Waals surface area contributed by atoms with Gasteiger partial charge in [-0.2, -0.15) is 0 Å². The number of likely N-dealkylation sites (N-methyl/N-ethyl adjacent to an activating group) is 1. The first-order valence-corrected chi connectivity index (χ1v) is 8.07. The van der Waals surface area contributed by atoms with Gasteiger partial charge in [0.25, 0.3) is 0 Å². The van der Waals surface area contributed by atoms with E-state index in [1.54, 1.807) is 18.3 Å². The molecular weight excluding hydrogens is 291 g/mol. The lowest BCUT2D eigenvalue weighted by Gasteiger charge is -2.17. The van der Waals surface area contributed by atoms with E-state index in [-0.39, 0.29) is 5.82 Å². The maximum Gasteiger partial charge on any atom is 0.160 e. The quantitative estimate of drug-likeness (QED) is 0.742. The zero-order chi connectivity index (χ0) is 15.8. The first-order valence-electron chi connectivity index (χ1n) is 8.07. The molecule has 4 rings (SSSR count). The summed E-state index contributed by atoms with van der Waals surface area (Å²) in [6, 6.07) is 10.8. The second kappa shape index (κ2) is 5.74. The summed E-state index contributed by atoms with van der Waals surface area (Å²) >= 11 is 0. The van der Waals surface area contributed by atoms with E-state index in [2.05, 4.69) is 21.4 Å². The fourth-order valence-corrected chi connectivity index (χ4v) is 3.42. The molecule has 2 aromatic heterocycles. The number of fused-ring (bicyclic) bond motifs is 1. The third kappa shape index (κ3) is 2.51. The van der Waals surface area contributed by atoms with Crippen molar-refractivity contribution in [2.45, 2.75) is 19.4 Å². The van der Waals surface area contributed by atoms with Gasteiger partial charge in [0.2, 0.25) is 0 Å². The molecule has 0 radical (unpaired) electrons. The van der Waals surface area contributed by atoms with Crippen molar-refractivity contribution < 1.29 is 4.39 Å². The average Bonchev–Trinajstić information content (AvgIpc) is 3.18. The van der Waals surface area contributed by atoms with Crippen molar-refractivity contribution >= 4 is 11.2 Å². The summed E-state index contributed by atoms with van der Waals surface area (Å²) in [7, 11) is 0. The van der Waals surface area contributed by atoms with Crippen LogP contribution in [0.4, 0.5) is 4.39 Å². The molecule has 0 spiro atoms. The van der Waals surface area contributed by atoms with E-state index in [4.69, 9.17) is 4.98 Å². The normalized spacial score (nSPS) is 18.8. The number of nitrogens with zero attached hydrogens (tertiary/aromatic N) is 4. The number of hydrogen-bond donors (Lipinski definition) is 0. The van der Waals surface area contributed by atoms with Crippen LogP contribution in [0.2, 0.25) is 0 Å². The number of likely N-dealkylation sites (tertiary alicyclic amines) is 1. The van der Waals surface area contributed by atoms with Crippen LogP contribution in [0.15, 0.2) is 42.6 Å². The van der Waals surface area contributed by atoms with Crippen molar-refractivity contribution in [2.75, 3.05) is 19.6 Å². The molecule has 23 heavy (non-hydrogen) atoms. The molecule has 0 amide bonds. The first-order chi connectivity index (χ1) is 11.3. The Morgan fingerprint density at radius 3 is 2.96 bits per heavy atom. The van der Waals surface area contributed by atoms with Gasteiger partial charge in [-0.05, 0) is 37.2 Å². The third-order valence-electron chi connectivity index (χ3n) is 4.59. The van der Waals surface area contributed by atoms with Crippen LogP contribution in [-0.2, 0) is 0 Å². The molecule has 1 atom stereocenters. The van der Waals surface area contributed by atoms with Crippen LogP contribution in [0, 0.1) is 5.82 Å². The van der Waals surface area contributed by atoms with Gasteiger partial charge in [-0.15, -0.1) is 0 Å². The van der Waals surface area contributed by atoms with Crippen LogP contribution in [0.25, 0.3) is 22.6 Å². The first kappa shape index (κ1) is 14.3.